The Bertz CT molecular complexity index is 1290. The van der Waals surface area contributed by atoms with E-state index in [9.17, 15) is 4.39 Å². The molecule has 35 heavy (non-hydrogen) atoms. The van der Waals surface area contributed by atoms with Crippen LogP contribution in [-0.4, -0.2) is 36.8 Å². The Balaban J connectivity index is 1.33. The van der Waals surface area contributed by atoms with E-state index in [0.29, 0.717) is 17.9 Å². The highest BCUT2D eigenvalue weighted by atomic mass is 19.1. The van der Waals surface area contributed by atoms with Gasteiger partial charge in [-0.25, -0.2) is 14.4 Å². The molecule has 1 heterocycles. The fourth-order valence-corrected chi connectivity index (χ4v) is 4.65. The van der Waals surface area contributed by atoms with E-state index in [-0.39, 0.29) is 11.7 Å². The second-order valence-corrected chi connectivity index (χ2v) is 8.75. The van der Waals surface area contributed by atoms with Gasteiger partial charge in [0.15, 0.2) is 0 Å². The molecule has 178 valence electrons. The van der Waals surface area contributed by atoms with Crippen molar-refractivity contribution in [3.8, 4) is 11.3 Å². The fraction of sp³-hybridized carbons (Fsp3) is 0.241. The zero-order valence-electron chi connectivity index (χ0n) is 19.8. The van der Waals surface area contributed by atoms with Crippen LogP contribution in [0.15, 0.2) is 79.0 Å². The SMILES string of the molecule is COCCNCCc1ccc(Nc2ncc3c(n2)-c2ccccc2[C@H](c2ccccc2F)C3)cc1. The molecule has 0 amide bonds. The van der Waals surface area contributed by atoms with Gasteiger partial charge < -0.3 is 15.4 Å². The molecule has 1 aliphatic carbocycles. The first-order valence-corrected chi connectivity index (χ1v) is 12.0. The number of nitrogens with zero attached hydrogens (tertiary/aromatic N) is 2. The minimum absolute atomic E-state index is 0.0566. The molecule has 0 fully saturated rings. The normalized spacial score (nSPS) is 14.3. The Kier molecular flexibility index (Phi) is 7.12. The second kappa shape index (κ2) is 10.8. The molecule has 2 N–H and O–H groups in total. The van der Waals surface area contributed by atoms with E-state index in [2.05, 4.69) is 52.0 Å². The van der Waals surface area contributed by atoms with Crippen LogP contribution in [0.1, 0.15) is 28.2 Å². The number of hydrogen-bond donors (Lipinski definition) is 2. The highest BCUT2D eigenvalue weighted by molar-refractivity contribution is 5.73. The first-order chi connectivity index (χ1) is 17.2. The van der Waals surface area contributed by atoms with Gasteiger partial charge in [-0.3, -0.25) is 0 Å². The summed E-state index contributed by atoms with van der Waals surface area (Å²) in [5, 5.41) is 6.70. The van der Waals surface area contributed by atoms with Crippen molar-refractivity contribution in [1.29, 1.82) is 0 Å². The predicted octanol–water partition coefficient (Wildman–Crippen LogP) is 5.49. The van der Waals surface area contributed by atoms with Gasteiger partial charge in [0.05, 0.1) is 12.3 Å². The number of halogens is 1. The molecular weight excluding hydrogens is 439 g/mol. The number of aromatic nitrogens is 2. The molecule has 5 rings (SSSR count). The van der Waals surface area contributed by atoms with Gasteiger partial charge in [0.2, 0.25) is 5.95 Å². The van der Waals surface area contributed by atoms with Crippen molar-refractivity contribution < 1.29 is 9.13 Å². The lowest BCUT2D eigenvalue weighted by Crippen LogP contribution is -2.21. The molecule has 0 unspecified atom stereocenters. The third-order valence-electron chi connectivity index (χ3n) is 6.44. The molecule has 3 aromatic carbocycles. The van der Waals surface area contributed by atoms with Crippen molar-refractivity contribution >= 4 is 11.6 Å². The molecule has 0 saturated heterocycles. The van der Waals surface area contributed by atoms with E-state index in [4.69, 9.17) is 9.72 Å². The highest BCUT2D eigenvalue weighted by Gasteiger charge is 2.28. The zero-order valence-corrected chi connectivity index (χ0v) is 19.8. The van der Waals surface area contributed by atoms with E-state index in [1.807, 2.05) is 30.5 Å². The first-order valence-electron chi connectivity index (χ1n) is 12.0. The molecule has 1 atom stereocenters. The Hall–Kier alpha value is -3.61. The number of ether oxygens (including phenoxy) is 1. The summed E-state index contributed by atoms with van der Waals surface area (Å²) >= 11 is 0. The van der Waals surface area contributed by atoms with Crippen molar-refractivity contribution in [2.24, 2.45) is 0 Å². The van der Waals surface area contributed by atoms with E-state index in [1.54, 1.807) is 13.2 Å². The summed E-state index contributed by atoms with van der Waals surface area (Å²) in [5.41, 5.74) is 6.97. The Labute approximate surface area is 205 Å². The van der Waals surface area contributed by atoms with Crippen molar-refractivity contribution in [3.63, 3.8) is 0 Å². The number of rotatable bonds is 9. The Morgan fingerprint density at radius 3 is 2.51 bits per heavy atom. The van der Waals surface area contributed by atoms with Crippen LogP contribution in [0.2, 0.25) is 0 Å². The van der Waals surface area contributed by atoms with Gasteiger partial charge in [-0.2, -0.15) is 0 Å². The van der Waals surface area contributed by atoms with Gasteiger partial charge in [-0.05, 0) is 59.8 Å². The van der Waals surface area contributed by atoms with Gasteiger partial charge >= 0.3 is 0 Å². The van der Waals surface area contributed by atoms with E-state index < -0.39 is 0 Å². The molecule has 5 nitrogen and oxygen atoms in total. The summed E-state index contributed by atoms with van der Waals surface area (Å²) in [4.78, 5) is 9.44. The first kappa shape index (κ1) is 23.1. The minimum atomic E-state index is -0.177. The molecule has 6 heteroatoms. The fourth-order valence-electron chi connectivity index (χ4n) is 4.65. The van der Waals surface area contributed by atoms with Gasteiger partial charge in [-0.1, -0.05) is 54.6 Å². The van der Waals surface area contributed by atoms with Crippen molar-refractivity contribution in [3.05, 3.63) is 107 Å². The molecule has 1 aliphatic rings. The van der Waals surface area contributed by atoms with Crippen LogP contribution in [-0.2, 0) is 17.6 Å². The smallest absolute Gasteiger partial charge is 0.227 e. The molecule has 0 radical (unpaired) electrons. The maximum atomic E-state index is 14.6. The summed E-state index contributed by atoms with van der Waals surface area (Å²) < 4.78 is 19.7. The van der Waals surface area contributed by atoms with Crippen molar-refractivity contribution in [2.45, 2.75) is 18.8 Å². The Morgan fingerprint density at radius 1 is 0.943 bits per heavy atom. The maximum Gasteiger partial charge on any atom is 0.227 e. The van der Waals surface area contributed by atoms with Gasteiger partial charge in [0.1, 0.15) is 5.82 Å². The summed E-state index contributed by atoms with van der Waals surface area (Å²) in [6.07, 6.45) is 3.49. The summed E-state index contributed by atoms with van der Waals surface area (Å²) in [5.74, 6) is 0.319. The summed E-state index contributed by atoms with van der Waals surface area (Å²) in [6, 6.07) is 23.5. The Morgan fingerprint density at radius 2 is 1.71 bits per heavy atom. The largest absolute Gasteiger partial charge is 0.383 e. The van der Waals surface area contributed by atoms with Crippen LogP contribution in [0.3, 0.4) is 0 Å². The van der Waals surface area contributed by atoms with Gasteiger partial charge in [0.25, 0.3) is 0 Å². The topological polar surface area (TPSA) is 59.1 Å². The molecule has 0 spiro atoms. The number of fused-ring (bicyclic) bond motifs is 3. The molecule has 0 aliphatic heterocycles. The maximum absolute atomic E-state index is 14.6. The summed E-state index contributed by atoms with van der Waals surface area (Å²) in [6.45, 7) is 2.49. The third-order valence-corrected chi connectivity index (χ3v) is 6.44. The predicted molar refractivity (Wildman–Crippen MR) is 138 cm³/mol. The lowest BCUT2D eigenvalue weighted by Gasteiger charge is -2.27. The number of hydrogen-bond acceptors (Lipinski definition) is 5. The van der Waals surface area contributed by atoms with Crippen LogP contribution in [0.4, 0.5) is 16.0 Å². The number of methoxy groups -OCH3 is 1. The average Bonchev–Trinajstić information content (AvgIpc) is 2.89. The molecule has 1 aromatic heterocycles. The van der Waals surface area contributed by atoms with E-state index in [0.717, 1.165) is 54.2 Å². The minimum Gasteiger partial charge on any atom is -0.383 e. The van der Waals surface area contributed by atoms with Crippen LogP contribution in [0.25, 0.3) is 11.3 Å². The zero-order chi connectivity index (χ0) is 24.0. The van der Waals surface area contributed by atoms with Crippen LogP contribution >= 0.6 is 0 Å². The molecule has 0 saturated carbocycles. The lowest BCUT2D eigenvalue weighted by molar-refractivity contribution is 0.199. The third kappa shape index (κ3) is 5.24. The van der Waals surface area contributed by atoms with Crippen molar-refractivity contribution in [2.75, 3.05) is 32.1 Å². The van der Waals surface area contributed by atoms with E-state index in [1.165, 1.54) is 11.6 Å². The quantitative estimate of drug-likeness (QED) is 0.318. The highest BCUT2D eigenvalue weighted by Crippen LogP contribution is 2.42. The number of nitrogens with one attached hydrogen (secondary N) is 2. The van der Waals surface area contributed by atoms with Gasteiger partial charge in [-0.15, -0.1) is 0 Å². The number of benzene rings is 3. The average molecular weight is 469 g/mol. The molecule has 0 bridgehead atoms. The monoisotopic (exact) mass is 468 g/mol. The standard InChI is InChI=1S/C29H29FN4O/c1-35-17-16-31-15-14-20-10-12-22(13-11-20)33-29-32-19-21-18-26(24-7-4-5-9-27(24)30)23-6-2-3-8-25(23)28(21)34-29/h2-13,19,26,31H,14-18H2,1H3,(H,32,33,34)/t26-/m1/s1. The lowest BCUT2D eigenvalue weighted by atomic mass is 9.78. The summed E-state index contributed by atoms with van der Waals surface area (Å²) in [7, 11) is 1.71. The molecular formula is C29H29FN4O. The van der Waals surface area contributed by atoms with Gasteiger partial charge in [0, 0.05) is 37.0 Å². The van der Waals surface area contributed by atoms with Crippen LogP contribution in [0.5, 0.6) is 0 Å². The van der Waals surface area contributed by atoms with Crippen LogP contribution in [0, 0.1) is 5.82 Å². The number of anilines is 2. The van der Waals surface area contributed by atoms with Crippen LogP contribution < -0.4 is 10.6 Å². The van der Waals surface area contributed by atoms with Crippen molar-refractivity contribution in [1.82, 2.24) is 15.3 Å². The second-order valence-electron chi connectivity index (χ2n) is 8.75. The molecule has 4 aromatic rings. The van der Waals surface area contributed by atoms with E-state index >= 15 is 0 Å².